The van der Waals surface area contributed by atoms with Gasteiger partial charge in [0.25, 0.3) is 5.69 Å². The summed E-state index contributed by atoms with van der Waals surface area (Å²) < 4.78 is 5.68. The summed E-state index contributed by atoms with van der Waals surface area (Å²) in [6.45, 7) is 0. The zero-order valence-corrected chi connectivity index (χ0v) is 14.9. The Balaban J connectivity index is 1.99. The summed E-state index contributed by atoms with van der Waals surface area (Å²) in [5.74, 6) is -0.451. The summed E-state index contributed by atoms with van der Waals surface area (Å²) in [4.78, 5) is 21.5. The van der Waals surface area contributed by atoms with E-state index in [4.69, 9.17) is 21.1 Å². The average Bonchev–Trinajstić information content (AvgIpc) is 3.14. The number of benzene rings is 2. The van der Waals surface area contributed by atoms with Gasteiger partial charge in [-0.15, -0.1) is 0 Å². The molecule has 3 aromatic rings. The van der Waals surface area contributed by atoms with Gasteiger partial charge in [0.15, 0.2) is 0 Å². The molecule has 0 saturated carbocycles. The van der Waals surface area contributed by atoms with Crippen molar-refractivity contribution in [3.63, 3.8) is 0 Å². The van der Waals surface area contributed by atoms with E-state index >= 15 is 0 Å². The van der Waals surface area contributed by atoms with Crippen molar-refractivity contribution >= 4 is 34.9 Å². The lowest BCUT2D eigenvalue weighted by Crippen LogP contribution is -1.96. The molecule has 7 nitrogen and oxygen atoms in total. The molecule has 8 heteroatoms. The van der Waals surface area contributed by atoms with Crippen molar-refractivity contribution in [3.8, 4) is 17.4 Å². The minimum Gasteiger partial charge on any atom is -0.478 e. The third-order valence-corrected chi connectivity index (χ3v) is 4.21. The van der Waals surface area contributed by atoms with Crippen molar-refractivity contribution in [1.82, 2.24) is 0 Å². The lowest BCUT2D eigenvalue weighted by Gasteiger charge is -2.03. The molecule has 0 saturated heterocycles. The average molecular weight is 395 g/mol. The van der Waals surface area contributed by atoms with Crippen LogP contribution in [0.1, 0.15) is 21.7 Å². The maximum atomic E-state index is 11.2. The summed E-state index contributed by atoms with van der Waals surface area (Å²) in [6, 6.07) is 15.1. The number of nitrogens with zero attached hydrogens (tertiary/aromatic N) is 2. The molecule has 28 heavy (non-hydrogen) atoms. The Morgan fingerprint density at radius 2 is 1.96 bits per heavy atom. The summed E-state index contributed by atoms with van der Waals surface area (Å²) >= 11 is 6.14. The smallest absolute Gasteiger partial charge is 0.335 e. The number of allylic oxidation sites excluding steroid dienone is 1. The topological polar surface area (TPSA) is 117 Å². The van der Waals surface area contributed by atoms with Gasteiger partial charge in [0, 0.05) is 17.7 Å². The maximum Gasteiger partial charge on any atom is 0.335 e. The van der Waals surface area contributed by atoms with E-state index in [0.29, 0.717) is 27.7 Å². The second-order valence-corrected chi connectivity index (χ2v) is 6.09. The molecule has 0 spiro atoms. The van der Waals surface area contributed by atoms with Crippen LogP contribution < -0.4 is 0 Å². The standard InChI is InChI=1S/C20H11ClN2O5/c21-18-6-4-13(20(24)25)10-17(18)19-7-5-16(28-19)9-14(11-22)12-2-1-3-15(8-12)23(26)27/h1-10H,(H,24,25). The van der Waals surface area contributed by atoms with Gasteiger partial charge in [-0.3, -0.25) is 10.1 Å². The van der Waals surface area contributed by atoms with Crippen molar-refractivity contribution in [1.29, 1.82) is 5.26 Å². The molecular formula is C20H11ClN2O5. The number of halogens is 1. The third-order valence-electron chi connectivity index (χ3n) is 3.88. The fourth-order valence-electron chi connectivity index (χ4n) is 2.53. The Bertz CT molecular complexity index is 1160. The van der Waals surface area contributed by atoms with E-state index in [0.717, 1.165) is 0 Å². The van der Waals surface area contributed by atoms with E-state index in [-0.39, 0.29) is 16.8 Å². The highest BCUT2D eigenvalue weighted by Crippen LogP contribution is 2.32. The largest absolute Gasteiger partial charge is 0.478 e. The van der Waals surface area contributed by atoms with Crippen LogP contribution in [0.3, 0.4) is 0 Å². The van der Waals surface area contributed by atoms with Crippen LogP contribution in [0.5, 0.6) is 0 Å². The zero-order chi connectivity index (χ0) is 20.3. The molecule has 1 aromatic heterocycles. The summed E-state index contributed by atoms with van der Waals surface area (Å²) in [5.41, 5.74) is 0.879. The van der Waals surface area contributed by atoms with E-state index in [2.05, 4.69) is 0 Å². The minimum atomic E-state index is -1.10. The first-order valence-corrected chi connectivity index (χ1v) is 8.26. The van der Waals surface area contributed by atoms with Gasteiger partial charge in [0.2, 0.25) is 0 Å². The summed E-state index contributed by atoms with van der Waals surface area (Å²) in [6.07, 6.45) is 1.44. The monoisotopic (exact) mass is 394 g/mol. The number of nitriles is 1. The Kier molecular flexibility index (Phi) is 5.25. The second-order valence-electron chi connectivity index (χ2n) is 5.68. The number of carbonyl (C=O) groups is 1. The van der Waals surface area contributed by atoms with Gasteiger partial charge < -0.3 is 9.52 Å². The number of non-ortho nitro benzene ring substituents is 1. The van der Waals surface area contributed by atoms with Crippen molar-refractivity contribution < 1.29 is 19.2 Å². The van der Waals surface area contributed by atoms with E-state index in [9.17, 15) is 20.2 Å². The highest BCUT2D eigenvalue weighted by atomic mass is 35.5. The third kappa shape index (κ3) is 3.92. The Morgan fingerprint density at radius 3 is 2.64 bits per heavy atom. The van der Waals surface area contributed by atoms with Crippen LogP contribution in [0.25, 0.3) is 23.0 Å². The molecule has 0 bridgehead atoms. The van der Waals surface area contributed by atoms with Crippen LogP contribution in [-0.2, 0) is 0 Å². The number of hydrogen-bond acceptors (Lipinski definition) is 5. The fourth-order valence-corrected chi connectivity index (χ4v) is 2.74. The quantitative estimate of drug-likeness (QED) is 0.357. The highest BCUT2D eigenvalue weighted by Gasteiger charge is 2.13. The Labute approximate surface area is 163 Å². The number of rotatable bonds is 5. The van der Waals surface area contributed by atoms with E-state index in [1.54, 1.807) is 18.2 Å². The molecule has 0 unspecified atom stereocenters. The SMILES string of the molecule is N#CC(=Cc1ccc(-c2cc(C(=O)O)ccc2Cl)o1)c1cccc([N+](=O)[O-])c1. The molecule has 0 radical (unpaired) electrons. The summed E-state index contributed by atoms with van der Waals surface area (Å²) in [7, 11) is 0. The van der Waals surface area contributed by atoms with Crippen molar-refractivity contribution in [2.75, 3.05) is 0 Å². The van der Waals surface area contributed by atoms with E-state index in [1.165, 1.54) is 42.5 Å². The van der Waals surface area contributed by atoms with Crippen LogP contribution in [0, 0.1) is 21.4 Å². The molecule has 1 heterocycles. The van der Waals surface area contributed by atoms with E-state index < -0.39 is 10.9 Å². The molecule has 2 aromatic carbocycles. The van der Waals surface area contributed by atoms with Gasteiger partial charge >= 0.3 is 5.97 Å². The molecule has 0 aliphatic rings. The number of hydrogen-bond donors (Lipinski definition) is 1. The predicted molar refractivity (Wildman–Crippen MR) is 103 cm³/mol. The van der Waals surface area contributed by atoms with Crippen LogP contribution >= 0.6 is 11.6 Å². The molecule has 0 atom stereocenters. The molecule has 0 fully saturated rings. The lowest BCUT2D eigenvalue weighted by molar-refractivity contribution is -0.384. The maximum absolute atomic E-state index is 11.2. The van der Waals surface area contributed by atoms with Gasteiger partial charge in [-0.25, -0.2) is 4.79 Å². The number of furan rings is 1. The minimum absolute atomic E-state index is 0.0576. The van der Waals surface area contributed by atoms with Gasteiger partial charge in [-0.1, -0.05) is 23.7 Å². The van der Waals surface area contributed by atoms with Crippen molar-refractivity contribution in [2.24, 2.45) is 0 Å². The predicted octanol–water partition coefficient (Wildman–Crippen LogP) is 5.27. The number of nitro groups is 1. The van der Waals surface area contributed by atoms with Crippen LogP contribution in [0.2, 0.25) is 5.02 Å². The molecule has 0 aliphatic carbocycles. The lowest BCUT2D eigenvalue weighted by atomic mass is 10.1. The molecule has 0 amide bonds. The number of aromatic carboxylic acids is 1. The molecule has 3 rings (SSSR count). The van der Waals surface area contributed by atoms with Crippen LogP contribution in [-0.4, -0.2) is 16.0 Å². The number of nitro benzene ring substituents is 1. The van der Waals surface area contributed by atoms with Crippen LogP contribution in [0.15, 0.2) is 59.0 Å². The normalized spacial score (nSPS) is 11.1. The first-order valence-electron chi connectivity index (χ1n) is 7.88. The zero-order valence-electron chi connectivity index (χ0n) is 14.1. The van der Waals surface area contributed by atoms with Crippen molar-refractivity contribution in [3.05, 3.63) is 86.6 Å². The number of carboxylic acid groups (broad SMARTS) is 1. The molecule has 138 valence electrons. The van der Waals surface area contributed by atoms with Gasteiger partial charge in [0.1, 0.15) is 11.5 Å². The van der Waals surface area contributed by atoms with Crippen LogP contribution in [0.4, 0.5) is 5.69 Å². The number of carboxylic acids is 1. The molecule has 0 aliphatic heterocycles. The molecular weight excluding hydrogens is 384 g/mol. The van der Waals surface area contributed by atoms with Gasteiger partial charge in [-0.2, -0.15) is 5.26 Å². The summed E-state index contributed by atoms with van der Waals surface area (Å²) in [5, 5.41) is 29.8. The Hall–Kier alpha value is -3.89. The first-order chi connectivity index (χ1) is 13.4. The fraction of sp³-hybridized carbons (Fsp3) is 0. The van der Waals surface area contributed by atoms with E-state index in [1.807, 2.05) is 6.07 Å². The first kappa shape index (κ1) is 18.9. The van der Waals surface area contributed by atoms with Gasteiger partial charge in [-0.05, 0) is 42.0 Å². The molecule has 1 N–H and O–H groups in total. The Morgan fingerprint density at radius 1 is 1.18 bits per heavy atom. The van der Waals surface area contributed by atoms with Gasteiger partial charge in [0.05, 0.1) is 27.2 Å². The highest BCUT2D eigenvalue weighted by molar-refractivity contribution is 6.33. The van der Waals surface area contributed by atoms with Crippen molar-refractivity contribution in [2.45, 2.75) is 0 Å². The second kappa shape index (κ2) is 7.78.